The number of aromatic amines is 1. The first-order valence-corrected chi connectivity index (χ1v) is 11.0. The first-order valence-electron chi connectivity index (χ1n) is 10.6. The predicted molar refractivity (Wildman–Crippen MR) is 123 cm³/mol. The molecule has 1 unspecified atom stereocenters. The van der Waals surface area contributed by atoms with Crippen LogP contribution in [0.1, 0.15) is 50.5 Å². The van der Waals surface area contributed by atoms with Gasteiger partial charge in [0.2, 0.25) is 5.95 Å². The summed E-state index contributed by atoms with van der Waals surface area (Å²) in [5, 5.41) is 1.35. The van der Waals surface area contributed by atoms with Gasteiger partial charge in [-0.2, -0.15) is 0 Å². The Morgan fingerprint density at radius 1 is 1.23 bits per heavy atom. The van der Waals surface area contributed by atoms with E-state index in [0.29, 0.717) is 11.9 Å². The van der Waals surface area contributed by atoms with Gasteiger partial charge in [-0.05, 0) is 56.4 Å². The van der Waals surface area contributed by atoms with Crippen LogP contribution in [0.2, 0.25) is 5.02 Å². The van der Waals surface area contributed by atoms with Gasteiger partial charge in [-0.3, -0.25) is 4.79 Å². The minimum absolute atomic E-state index is 0.00448. The van der Waals surface area contributed by atoms with E-state index in [9.17, 15) is 4.79 Å². The maximum Gasteiger partial charge on any atom is 0.278 e. The van der Waals surface area contributed by atoms with Gasteiger partial charge in [-0.1, -0.05) is 25.4 Å². The second-order valence-corrected chi connectivity index (χ2v) is 8.87. The number of carbonyl (C=O) groups excluding carboxylic acids is 1. The molecule has 0 radical (unpaired) electrons. The number of H-pyrrole nitrogens is 1. The molecule has 2 aromatic heterocycles. The highest BCUT2D eigenvalue weighted by Gasteiger charge is 2.28. The Labute approximate surface area is 182 Å². The number of anilines is 2. The highest BCUT2D eigenvalue weighted by Crippen LogP contribution is 2.29. The zero-order valence-corrected chi connectivity index (χ0v) is 18.5. The van der Waals surface area contributed by atoms with E-state index in [1.165, 1.54) is 0 Å². The van der Waals surface area contributed by atoms with E-state index in [-0.39, 0.29) is 22.7 Å². The summed E-state index contributed by atoms with van der Waals surface area (Å²) in [5.41, 5.74) is 2.15. The molecule has 1 N–H and O–H groups in total. The number of rotatable bonds is 6. The first kappa shape index (κ1) is 20.7. The van der Waals surface area contributed by atoms with Crippen molar-refractivity contribution < 1.29 is 4.79 Å². The third-order valence-electron chi connectivity index (χ3n) is 5.61. The second kappa shape index (κ2) is 8.64. The van der Waals surface area contributed by atoms with E-state index in [1.807, 2.05) is 35.4 Å². The molecule has 7 heteroatoms. The number of hydrogen-bond acceptors (Lipinski definition) is 4. The van der Waals surface area contributed by atoms with Crippen molar-refractivity contribution in [2.24, 2.45) is 5.92 Å². The molecule has 1 saturated heterocycles. The quantitative estimate of drug-likeness (QED) is 0.582. The van der Waals surface area contributed by atoms with E-state index in [2.05, 4.69) is 40.6 Å². The Kier molecular flexibility index (Phi) is 5.95. The van der Waals surface area contributed by atoms with Crippen molar-refractivity contribution in [2.75, 3.05) is 22.9 Å². The number of halogens is 1. The number of hydrogen-bond donors (Lipinski definition) is 1. The highest BCUT2D eigenvalue weighted by atomic mass is 35.5. The van der Waals surface area contributed by atoms with Crippen LogP contribution < -0.4 is 9.80 Å². The average molecular weight is 426 g/mol. The lowest BCUT2D eigenvalue weighted by molar-refractivity contribution is 0.0971. The fourth-order valence-electron chi connectivity index (χ4n) is 4.24. The lowest BCUT2D eigenvalue weighted by Gasteiger charge is -2.31. The molecule has 0 aliphatic carbocycles. The van der Waals surface area contributed by atoms with Gasteiger partial charge in [0.25, 0.3) is 5.91 Å². The van der Waals surface area contributed by atoms with Crippen LogP contribution in [0.5, 0.6) is 0 Å². The fraction of sp³-hybridized carbons (Fsp3) is 0.435. The molecule has 6 nitrogen and oxygen atoms in total. The topological polar surface area (TPSA) is 65.1 Å². The van der Waals surface area contributed by atoms with Gasteiger partial charge in [0.1, 0.15) is 0 Å². The van der Waals surface area contributed by atoms with E-state index in [4.69, 9.17) is 11.6 Å². The van der Waals surface area contributed by atoms with Crippen LogP contribution in [0.15, 0.2) is 36.7 Å². The summed E-state index contributed by atoms with van der Waals surface area (Å²) < 4.78 is 0. The van der Waals surface area contributed by atoms with Gasteiger partial charge in [0, 0.05) is 41.9 Å². The summed E-state index contributed by atoms with van der Waals surface area (Å²) in [6, 6.07) is 8.03. The summed E-state index contributed by atoms with van der Waals surface area (Å²) in [4.78, 5) is 29.9. The van der Waals surface area contributed by atoms with E-state index >= 15 is 0 Å². The minimum atomic E-state index is -0.189. The number of benzene rings is 1. The molecule has 1 aliphatic heterocycles. The second-order valence-electron chi connectivity index (χ2n) is 8.46. The van der Waals surface area contributed by atoms with Crippen molar-refractivity contribution in [1.29, 1.82) is 0 Å². The largest absolute Gasteiger partial charge is 0.361 e. The Morgan fingerprint density at radius 2 is 2.00 bits per heavy atom. The molecule has 3 heterocycles. The molecule has 3 aromatic rings. The number of amides is 1. The Hall–Kier alpha value is -2.60. The molecule has 0 bridgehead atoms. The highest BCUT2D eigenvalue weighted by molar-refractivity contribution is 6.34. The summed E-state index contributed by atoms with van der Waals surface area (Å²) in [6.45, 7) is 8.23. The lowest BCUT2D eigenvalue weighted by Crippen LogP contribution is -2.40. The Morgan fingerprint density at radius 3 is 2.73 bits per heavy atom. The standard InChI is InChI=1S/C23H28ClN5O/c1-15(2)12-16(3)29(18-6-7-20-17(13-18)8-9-25-20)22(30)21-19(24)14-26-23(27-21)28-10-4-5-11-28/h6-9,13-16,25H,4-5,10-12H2,1-3H3. The van der Waals surface area contributed by atoms with Gasteiger partial charge in [-0.25, -0.2) is 9.97 Å². The monoisotopic (exact) mass is 425 g/mol. The zero-order valence-electron chi connectivity index (χ0n) is 17.7. The third-order valence-corrected chi connectivity index (χ3v) is 5.89. The maximum atomic E-state index is 13.8. The van der Waals surface area contributed by atoms with Crippen LogP contribution in [0.3, 0.4) is 0 Å². The summed E-state index contributed by atoms with van der Waals surface area (Å²) in [5.74, 6) is 0.844. The molecule has 1 fully saturated rings. The van der Waals surface area contributed by atoms with Gasteiger partial charge >= 0.3 is 0 Å². The molecular weight excluding hydrogens is 398 g/mol. The third kappa shape index (κ3) is 4.15. The average Bonchev–Trinajstić information content (AvgIpc) is 3.39. The molecule has 1 amide bonds. The van der Waals surface area contributed by atoms with Crippen LogP contribution >= 0.6 is 11.6 Å². The molecular formula is C23H28ClN5O. The van der Waals surface area contributed by atoms with Gasteiger partial charge in [0.05, 0.1) is 11.2 Å². The van der Waals surface area contributed by atoms with Crippen molar-refractivity contribution in [2.45, 2.75) is 46.1 Å². The van der Waals surface area contributed by atoms with Crippen molar-refractivity contribution in [3.05, 3.63) is 47.4 Å². The van der Waals surface area contributed by atoms with Gasteiger partial charge in [-0.15, -0.1) is 0 Å². The van der Waals surface area contributed by atoms with Gasteiger partial charge < -0.3 is 14.8 Å². The zero-order chi connectivity index (χ0) is 21.3. The van der Waals surface area contributed by atoms with Crippen molar-refractivity contribution in [3.8, 4) is 0 Å². The number of carbonyl (C=O) groups is 1. The van der Waals surface area contributed by atoms with Crippen LogP contribution in [0, 0.1) is 5.92 Å². The fourth-order valence-corrected chi connectivity index (χ4v) is 4.41. The van der Waals surface area contributed by atoms with Gasteiger partial charge in [0.15, 0.2) is 5.69 Å². The predicted octanol–water partition coefficient (Wildman–Crippen LogP) is 5.29. The van der Waals surface area contributed by atoms with E-state index in [0.717, 1.165) is 48.9 Å². The molecule has 1 atom stereocenters. The number of fused-ring (bicyclic) bond motifs is 1. The van der Waals surface area contributed by atoms with E-state index < -0.39 is 0 Å². The number of nitrogens with one attached hydrogen (secondary N) is 1. The number of aromatic nitrogens is 3. The summed E-state index contributed by atoms with van der Waals surface area (Å²) in [7, 11) is 0. The summed E-state index contributed by atoms with van der Waals surface area (Å²) >= 11 is 6.42. The summed E-state index contributed by atoms with van der Waals surface area (Å²) in [6.07, 6.45) is 6.56. The van der Waals surface area contributed by atoms with Crippen LogP contribution in [0.4, 0.5) is 11.6 Å². The molecule has 0 saturated carbocycles. The Bertz CT molecular complexity index is 1040. The Balaban J connectivity index is 1.74. The molecule has 1 aliphatic rings. The van der Waals surface area contributed by atoms with Crippen LogP contribution in [-0.2, 0) is 0 Å². The number of nitrogens with zero attached hydrogens (tertiary/aromatic N) is 4. The molecule has 0 spiro atoms. The van der Waals surface area contributed by atoms with Crippen molar-refractivity contribution in [3.63, 3.8) is 0 Å². The first-order chi connectivity index (χ1) is 14.4. The van der Waals surface area contributed by atoms with Crippen molar-refractivity contribution >= 4 is 40.0 Å². The molecule has 158 valence electrons. The van der Waals surface area contributed by atoms with Crippen molar-refractivity contribution in [1.82, 2.24) is 15.0 Å². The normalized spacial score (nSPS) is 15.2. The lowest BCUT2D eigenvalue weighted by atomic mass is 10.0. The maximum absolute atomic E-state index is 13.8. The van der Waals surface area contributed by atoms with E-state index in [1.54, 1.807) is 6.20 Å². The van der Waals surface area contributed by atoms with Crippen LogP contribution in [-0.4, -0.2) is 40.0 Å². The van der Waals surface area contributed by atoms with Crippen LogP contribution in [0.25, 0.3) is 10.9 Å². The molecule has 1 aromatic carbocycles. The smallest absolute Gasteiger partial charge is 0.278 e. The molecule has 4 rings (SSSR count). The SMILES string of the molecule is CC(C)CC(C)N(C(=O)c1nc(N2CCCC2)ncc1Cl)c1ccc2[nH]ccc2c1. The molecule has 30 heavy (non-hydrogen) atoms. The minimum Gasteiger partial charge on any atom is -0.361 e.